The minimum atomic E-state index is 0.470. The molecule has 0 aromatic carbocycles. The van der Waals surface area contributed by atoms with Crippen LogP contribution in [0.3, 0.4) is 0 Å². The fourth-order valence-corrected chi connectivity index (χ4v) is 3.33. The van der Waals surface area contributed by atoms with E-state index in [1.807, 2.05) is 6.08 Å². The first-order valence-electron chi connectivity index (χ1n) is 7.19. The van der Waals surface area contributed by atoms with Gasteiger partial charge in [-0.25, -0.2) is 0 Å². The van der Waals surface area contributed by atoms with Crippen molar-refractivity contribution in [3.63, 3.8) is 0 Å². The smallest absolute Gasteiger partial charge is 0.0243 e. The largest absolute Gasteiger partial charge is 0.271 e. The Labute approximate surface area is 107 Å². The second kappa shape index (κ2) is 7.17. The molecule has 0 radical (unpaired) electrons. The molecule has 1 fully saturated rings. The number of nitrogens with two attached hydrogens (primary N) is 1. The standard InChI is InChI=1S/C15H30N2/c1-4-5-6-7-8-11-14(17-16)13-10-9-12-15(13,2)3/h4,13-14,17H,1,5-12,16H2,2-3H3. The summed E-state index contributed by atoms with van der Waals surface area (Å²) in [4.78, 5) is 0. The molecular formula is C15H30N2. The van der Waals surface area contributed by atoms with Crippen molar-refractivity contribution in [1.82, 2.24) is 5.43 Å². The van der Waals surface area contributed by atoms with Gasteiger partial charge in [-0.15, -0.1) is 6.58 Å². The van der Waals surface area contributed by atoms with Crippen molar-refractivity contribution in [3.05, 3.63) is 12.7 Å². The molecule has 0 saturated heterocycles. The van der Waals surface area contributed by atoms with Crippen LogP contribution in [-0.4, -0.2) is 6.04 Å². The third-order valence-corrected chi connectivity index (χ3v) is 4.46. The first-order valence-corrected chi connectivity index (χ1v) is 7.19. The normalized spacial score (nSPS) is 24.8. The molecule has 2 atom stereocenters. The monoisotopic (exact) mass is 238 g/mol. The highest BCUT2D eigenvalue weighted by atomic mass is 15.2. The average molecular weight is 238 g/mol. The van der Waals surface area contributed by atoms with E-state index in [0.29, 0.717) is 11.5 Å². The Morgan fingerprint density at radius 1 is 1.41 bits per heavy atom. The van der Waals surface area contributed by atoms with Gasteiger partial charge >= 0.3 is 0 Å². The molecule has 1 rings (SSSR count). The highest BCUT2D eigenvalue weighted by Gasteiger charge is 2.38. The van der Waals surface area contributed by atoms with Crippen molar-refractivity contribution in [2.45, 2.75) is 71.3 Å². The molecule has 0 spiro atoms. The predicted octanol–water partition coefficient (Wildman–Crippen LogP) is 3.78. The third kappa shape index (κ3) is 4.44. The molecule has 100 valence electrons. The van der Waals surface area contributed by atoms with Gasteiger partial charge < -0.3 is 0 Å². The van der Waals surface area contributed by atoms with Crippen molar-refractivity contribution < 1.29 is 0 Å². The van der Waals surface area contributed by atoms with Gasteiger partial charge in [0.05, 0.1) is 0 Å². The maximum Gasteiger partial charge on any atom is 0.0243 e. The zero-order chi connectivity index (χ0) is 12.7. The summed E-state index contributed by atoms with van der Waals surface area (Å²) in [5.74, 6) is 6.50. The number of rotatable bonds is 8. The Kier molecular flexibility index (Phi) is 6.21. The van der Waals surface area contributed by atoms with E-state index in [1.54, 1.807) is 0 Å². The number of hydrogen-bond acceptors (Lipinski definition) is 2. The SMILES string of the molecule is C=CCCCCCC(NN)C1CCCC1(C)C. The first kappa shape index (κ1) is 14.7. The minimum absolute atomic E-state index is 0.470. The van der Waals surface area contributed by atoms with Crippen molar-refractivity contribution in [1.29, 1.82) is 0 Å². The van der Waals surface area contributed by atoms with Crippen LogP contribution in [-0.2, 0) is 0 Å². The van der Waals surface area contributed by atoms with Crippen molar-refractivity contribution in [3.8, 4) is 0 Å². The van der Waals surface area contributed by atoms with Crippen molar-refractivity contribution >= 4 is 0 Å². The summed E-state index contributed by atoms with van der Waals surface area (Å²) < 4.78 is 0. The second-order valence-electron chi connectivity index (χ2n) is 6.19. The van der Waals surface area contributed by atoms with Gasteiger partial charge in [0.15, 0.2) is 0 Å². The number of unbranched alkanes of at least 4 members (excludes halogenated alkanes) is 3. The Balaban J connectivity index is 2.30. The van der Waals surface area contributed by atoms with Crippen LogP contribution in [0.2, 0.25) is 0 Å². The minimum Gasteiger partial charge on any atom is -0.271 e. The number of allylic oxidation sites excluding steroid dienone is 1. The molecule has 0 amide bonds. The molecular weight excluding hydrogens is 208 g/mol. The van der Waals surface area contributed by atoms with Gasteiger partial charge in [0, 0.05) is 6.04 Å². The summed E-state index contributed by atoms with van der Waals surface area (Å²) in [5.41, 5.74) is 3.54. The first-order chi connectivity index (χ1) is 8.11. The highest BCUT2D eigenvalue weighted by Crippen LogP contribution is 2.45. The van der Waals surface area contributed by atoms with E-state index < -0.39 is 0 Å². The zero-order valence-electron chi connectivity index (χ0n) is 11.7. The number of hydrazine groups is 1. The van der Waals surface area contributed by atoms with Crippen LogP contribution in [0.1, 0.15) is 65.2 Å². The van der Waals surface area contributed by atoms with Crippen LogP contribution in [0.25, 0.3) is 0 Å². The molecule has 0 heterocycles. The molecule has 17 heavy (non-hydrogen) atoms. The van der Waals surface area contributed by atoms with Crippen LogP contribution in [0.4, 0.5) is 0 Å². The summed E-state index contributed by atoms with van der Waals surface area (Å²) in [6.07, 6.45) is 12.3. The average Bonchev–Trinajstić information content (AvgIpc) is 2.64. The second-order valence-corrected chi connectivity index (χ2v) is 6.19. The Morgan fingerprint density at radius 2 is 2.18 bits per heavy atom. The molecule has 1 aliphatic rings. The molecule has 2 heteroatoms. The summed E-state index contributed by atoms with van der Waals surface area (Å²) >= 11 is 0. The summed E-state index contributed by atoms with van der Waals surface area (Å²) in [6, 6.07) is 0.510. The molecule has 2 nitrogen and oxygen atoms in total. The van der Waals surface area contributed by atoms with Gasteiger partial charge in [-0.2, -0.15) is 0 Å². The Hall–Kier alpha value is -0.340. The Morgan fingerprint density at radius 3 is 2.71 bits per heavy atom. The number of hydrogen-bond donors (Lipinski definition) is 2. The molecule has 0 bridgehead atoms. The topological polar surface area (TPSA) is 38.0 Å². The van der Waals surface area contributed by atoms with Crippen molar-refractivity contribution in [2.24, 2.45) is 17.2 Å². The lowest BCUT2D eigenvalue weighted by Crippen LogP contribution is -2.44. The van der Waals surface area contributed by atoms with Crippen LogP contribution in [0, 0.1) is 11.3 Å². The molecule has 1 saturated carbocycles. The fraction of sp³-hybridized carbons (Fsp3) is 0.867. The molecule has 0 aliphatic heterocycles. The Bertz CT molecular complexity index is 223. The lowest BCUT2D eigenvalue weighted by atomic mass is 9.76. The summed E-state index contributed by atoms with van der Waals surface area (Å²) in [5, 5.41) is 0. The fourth-order valence-electron chi connectivity index (χ4n) is 3.33. The predicted molar refractivity (Wildman–Crippen MR) is 75.5 cm³/mol. The lowest BCUT2D eigenvalue weighted by Gasteiger charge is -2.34. The summed E-state index contributed by atoms with van der Waals surface area (Å²) in [7, 11) is 0. The quantitative estimate of drug-likeness (QED) is 0.292. The highest BCUT2D eigenvalue weighted by molar-refractivity contribution is 4.91. The van der Waals surface area contributed by atoms with E-state index >= 15 is 0 Å². The van der Waals surface area contributed by atoms with Gasteiger partial charge in [-0.1, -0.05) is 39.2 Å². The van der Waals surface area contributed by atoms with Gasteiger partial charge in [-0.05, 0) is 43.4 Å². The van der Waals surface area contributed by atoms with Gasteiger partial charge in [-0.3, -0.25) is 11.3 Å². The third-order valence-electron chi connectivity index (χ3n) is 4.46. The van der Waals surface area contributed by atoms with E-state index in [9.17, 15) is 0 Å². The summed E-state index contributed by atoms with van der Waals surface area (Å²) in [6.45, 7) is 8.55. The van der Waals surface area contributed by atoms with E-state index in [-0.39, 0.29) is 0 Å². The van der Waals surface area contributed by atoms with E-state index in [2.05, 4.69) is 25.9 Å². The maximum atomic E-state index is 5.75. The van der Waals surface area contributed by atoms with Crippen LogP contribution < -0.4 is 11.3 Å². The number of nitrogens with one attached hydrogen (secondary N) is 1. The molecule has 0 aromatic heterocycles. The van der Waals surface area contributed by atoms with Crippen LogP contribution >= 0.6 is 0 Å². The molecule has 1 aliphatic carbocycles. The molecule has 2 unspecified atom stereocenters. The van der Waals surface area contributed by atoms with E-state index in [1.165, 1.54) is 44.9 Å². The van der Waals surface area contributed by atoms with Crippen molar-refractivity contribution in [2.75, 3.05) is 0 Å². The zero-order valence-corrected chi connectivity index (χ0v) is 11.7. The van der Waals surface area contributed by atoms with Gasteiger partial charge in [0.2, 0.25) is 0 Å². The molecule has 3 N–H and O–H groups in total. The van der Waals surface area contributed by atoms with Gasteiger partial charge in [0.25, 0.3) is 0 Å². The van der Waals surface area contributed by atoms with E-state index in [0.717, 1.165) is 12.3 Å². The molecule has 0 aromatic rings. The van der Waals surface area contributed by atoms with E-state index in [4.69, 9.17) is 5.84 Å². The van der Waals surface area contributed by atoms with Crippen LogP contribution in [0.15, 0.2) is 12.7 Å². The lowest BCUT2D eigenvalue weighted by molar-refractivity contribution is 0.187. The van der Waals surface area contributed by atoms with Gasteiger partial charge in [0.1, 0.15) is 0 Å². The van der Waals surface area contributed by atoms with Crippen LogP contribution in [0.5, 0.6) is 0 Å². The maximum absolute atomic E-state index is 5.75.